The molecule has 0 unspecified atom stereocenters. The highest BCUT2D eigenvalue weighted by molar-refractivity contribution is 5.92. The molecule has 0 spiro atoms. The second kappa shape index (κ2) is 21.3. The van der Waals surface area contributed by atoms with Gasteiger partial charge in [0.1, 0.15) is 17.8 Å². The Morgan fingerprint density at radius 2 is 1.51 bits per heavy atom. The van der Waals surface area contributed by atoms with E-state index in [0.717, 1.165) is 0 Å². The van der Waals surface area contributed by atoms with Crippen molar-refractivity contribution in [2.24, 2.45) is 23.7 Å². The van der Waals surface area contributed by atoms with E-state index in [-0.39, 0.29) is 66.9 Å². The van der Waals surface area contributed by atoms with Gasteiger partial charge >= 0.3 is 5.97 Å². The maximum absolute atomic E-state index is 14.2. The number of hydrogen-bond acceptors (Lipinski definition) is 10. The summed E-state index contributed by atoms with van der Waals surface area (Å²) in [5.74, 6) is -4.42. The maximum Gasteiger partial charge on any atom is 0.326 e. The molecular formula is C40H65N5O10. The Morgan fingerprint density at radius 3 is 1.98 bits per heavy atom. The predicted octanol–water partition coefficient (Wildman–Crippen LogP) is 2.33. The fourth-order valence-electron chi connectivity index (χ4n) is 7.62. The molecule has 1 aromatic rings. The summed E-state index contributed by atoms with van der Waals surface area (Å²) in [6.07, 6.45) is -1.39. The van der Waals surface area contributed by atoms with Gasteiger partial charge in [-0.15, -0.1) is 0 Å². The van der Waals surface area contributed by atoms with Gasteiger partial charge in [-0.1, -0.05) is 67.0 Å². The molecule has 55 heavy (non-hydrogen) atoms. The smallest absolute Gasteiger partial charge is 0.326 e. The van der Waals surface area contributed by atoms with Crippen LogP contribution in [0, 0.1) is 23.7 Å². The number of likely N-dealkylation sites (N-methyl/N-ethyl adjacent to an activating group) is 2. The molecule has 0 bridgehead atoms. The quantitative estimate of drug-likeness (QED) is 0.143. The number of ketones is 1. The zero-order valence-corrected chi connectivity index (χ0v) is 34.7. The van der Waals surface area contributed by atoms with Gasteiger partial charge in [0.05, 0.1) is 49.2 Å². The van der Waals surface area contributed by atoms with E-state index < -0.39 is 66.1 Å². The Bertz CT molecular complexity index is 1460. The van der Waals surface area contributed by atoms with Crippen LogP contribution in [0.2, 0.25) is 0 Å². The minimum atomic E-state index is -1.28. The number of rotatable bonds is 21. The number of phenols is 1. The lowest BCUT2D eigenvalue weighted by Crippen LogP contribution is -2.59. The van der Waals surface area contributed by atoms with Crippen molar-refractivity contribution in [2.75, 3.05) is 41.9 Å². The molecule has 1 aromatic carbocycles. The van der Waals surface area contributed by atoms with Crippen molar-refractivity contribution in [1.82, 2.24) is 25.3 Å². The van der Waals surface area contributed by atoms with E-state index >= 15 is 0 Å². The monoisotopic (exact) mass is 775 g/mol. The Hall–Kier alpha value is -4.08. The molecule has 0 radical (unpaired) electrons. The third-order valence-corrected chi connectivity index (χ3v) is 10.8. The van der Waals surface area contributed by atoms with Crippen molar-refractivity contribution in [2.45, 2.75) is 117 Å². The highest BCUT2D eigenvalue weighted by atomic mass is 16.5. The topological polar surface area (TPSA) is 195 Å². The lowest BCUT2D eigenvalue weighted by Gasteiger charge is -2.41. The van der Waals surface area contributed by atoms with Crippen molar-refractivity contribution < 1.29 is 48.5 Å². The van der Waals surface area contributed by atoms with Crippen molar-refractivity contribution in [1.29, 1.82) is 0 Å². The van der Waals surface area contributed by atoms with Gasteiger partial charge in [-0.25, -0.2) is 4.79 Å². The number of phenolic OH excluding ortho intramolecular Hbond substituents is 1. The zero-order valence-electron chi connectivity index (χ0n) is 34.7. The summed E-state index contributed by atoms with van der Waals surface area (Å²) in [7, 11) is 8.12. The molecule has 9 atom stereocenters. The van der Waals surface area contributed by atoms with Crippen LogP contribution in [0.5, 0.6) is 5.75 Å². The first-order valence-corrected chi connectivity index (χ1v) is 19.1. The molecule has 0 aromatic heterocycles. The first-order valence-electron chi connectivity index (χ1n) is 19.1. The number of methoxy groups -OCH3 is 2. The number of ether oxygens (including phenoxy) is 2. The van der Waals surface area contributed by atoms with Gasteiger partial charge in [0.2, 0.25) is 23.6 Å². The van der Waals surface area contributed by atoms with Crippen LogP contribution in [0.3, 0.4) is 0 Å². The second-order valence-corrected chi connectivity index (χ2v) is 15.8. The molecule has 1 saturated heterocycles. The summed E-state index contributed by atoms with van der Waals surface area (Å²) in [6.45, 7) is 12.9. The van der Waals surface area contributed by atoms with Crippen molar-refractivity contribution in [3.63, 3.8) is 0 Å². The molecule has 4 N–H and O–H groups in total. The Labute approximate surface area is 326 Å². The van der Waals surface area contributed by atoms with E-state index in [1.807, 2.05) is 60.5 Å². The molecule has 1 heterocycles. The molecule has 1 aliphatic rings. The van der Waals surface area contributed by atoms with Gasteiger partial charge in [0.25, 0.3) is 0 Å². The van der Waals surface area contributed by atoms with Crippen LogP contribution in [0.15, 0.2) is 24.3 Å². The molecule has 2 rings (SSSR count). The minimum Gasteiger partial charge on any atom is -0.508 e. The molecule has 15 nitrogen and oxygen atoms in total. The molecule has 0 saturated carbocycles. The molecule has 1 aliphatic heterocycles. The van der Waals surface area contributed by atoms with Crippen LogP contribution < -0.4 is 10.6 Å². The number of aromatic hydroxyl groups is 1. The summed E-state index contributed by atoms with van der Waals surface area (Å²) in [5.41, 5.74) is 0.587. The highest BCUT2D eigenvalue weighted by Crippen LogP contribution is 2.29. The summed E-state index contributed by atoms with van der Waals surface area (Å²) in [5, 5.41) is 25.0. The first kappa shape index (κ1) is 47.1. The molecule has 310 valence electrons. The van der Waals surface area contributed by atoms with Gasteiger partial charge in [-0.05, 0) is 49.5 Å². The number of benzene rings is 1. The normalized spacial score (nSPS) is 19.0. The van der Waals surface area contributed by atoms with E-state index in [1.54, 1.807) is 31.0 Å². The van der Waals surface area contributed by atoms with Gasteiger partial charge in [-0.2, -0.15) is 0 Å². The number of carbonyl (C=O) groups is 6. The Morgan fingerprint density at radius 1 is 0.909 bits per heavy atom. The first-order chi connectivity index (χ1) is 25.7. The molecule has 1 fully saturated rings. The van der Waals surface area contributed by atoms with Crippen molar-refractivity contribution in [3.8, 4) is 5.75 Å². The Balaban J connectivity index is 2.32. The van der Waals surface area contributed by atoms with Crippen LogP contribution in [-0.2, 0) is 44.7 Å². The minimum absolute atomic E-state index is 0.00184. The maximum atomic E-state index is 14.2. The third-order valence-electron chi connectivity index (χ3n) is 10.8. The lowest BCUT2D eigenvalue weighted by atomic mass is 9.89. The fourth-order valence-corrected chi connectivity index (χ4v) is 7.62. The summed E-state index contributed by atoms with van der Waals surface area (Å²) in [4.78, 5) is 85.0. The average molecular weight is 776 g/mol. The molecule has 0 aliphatic carbocycles. The Kier molecular flexibility index (Phi) is 18.2. The van der Waals surface area contributed by atoms with Gasteiger partial charge in [0, 0.05) is 34.1 Å². The number of amides is 4. The number of likely N-dealkylation sites (tertiary alicyclic amines) is 1. The standard InChI is InChI=1S/C40H65N5O10/c1-13-24(6)35(44(10)39(51)33(22(2)3)42-38(50)34(23(4)5)43(8)9)31(54-11)20-32(48)45-21-28(47)19-30(45)36(55-12)25(7)37(49)41-29(40(52)53)18-26-14-16-27(46)17-15-26/h14-17,22-25,29-31,33-36,46H,13,18-21H2,1-12H3,(H,41,49)(H,42,50)(H,52,53)/t24-,25+,29-,30-,31+,33-,34-,35-,36+/m0/s1. The largest absolute Gasteiger partial charge is 0.508 e. The number of carboxylic acids is 1. The van der Waals surface area contributed by atoms with Crippen LogP contribution in [0.4, 0.5) is 0 Å². The SMILES string of the molecule is CC[C@H](C)[C@@H]([C@@H](CC(=O)N1CC(=O)C[C@H]1[C@H](OC)[C@@H](C)C(=O)N[C@@H](Cc1ccc(O)cc1)C(=O)O)OC)N(C)C(=O)[C@@H](NC(=O)[C@H](C(C)C)N(C)C)C(C)C. The third kappa shape index (κ3) is 12.5. The van der Waals surface area contributed by atoms with Crippen LogP contribution in [0.1, 0.15) is 73.3 Å². The van der Waals surface area contributed by atoms with E-state index in [1.165, 1.54) is 31.3 Å². The molecular weight excluding hydrogens is 710 g/mol. The number of aliphatic carboxylic acids is 1. The number of Topliss-reactive ketones (excluding diaryl/α,β-unsaturated/α-hetero) is 1. The van der Waals surface area contributed by atoms with E-state index in [2.05, 4.69) is 10.6 Å². The number of carbonyl (C=O) groups excluding carboxylic acids is 5. The highest BCUT2D eigenvalue weighted by Gasteiger charge is 2.45. The predicted molar refractivity (Wildman–Crippen MR) is 207 cm³/mol. The zero-order chi connectivity index (χ0) is 41.9. The fraction of sp³-hybridized carbons (Fsp3) is 0.700. The van der Waals surface area contributed by atoms with E-state index in [4.69, 9.17) is 9.47 Å². The number of nitrogens with one attached hydrogen (secondary N) is 2. The van der Waals surface area contributed by atoms with E-state index in [0.29, 0.717) is 12.0 Å². The van der Waals surface area contributed by atoms with E-state index in [9.17, 15) is 39.0 Å². The van der Waals surface area contributed by atoms with Crippen molar-refractivity contribution in [3.05, 3.63) is 29.8 Å². The second-order valence-electron chi connectivity index (χ2n) is 15.8. The number of nitrogens with zero attached hydrogens (tertiary/aromatic N) is 3. The average Bonchev–Trinajstić information content (AvgIpc) is 3.50. The van der Waals surface area contributed by atoms with Crippen molar-refractivity contribution >= 4 is 35.4 Å². The molecule has 15 heteroatoms. The number of hydrogen-bond donors (Lipinski definition) is 4. The van der Waals surface area contributed by atoms with Crippen LogP contribution in [0.25, 0.3) is 0 Å². The van der Waals surface area contributed by atoms with Gasteiger partial charge in [0.15, 0.2) is 5.78 Å². The van der Waals surface area contributed by atoms with Gasteiger partial charge < -0.3 is 40.1 Å². The van der Waals surface area contributed by atoms with Crippen LogP contribution in [-0.4, -0.2) is 145 Å². The van der Waals surface area contributed by atoms with Gasteiger partial charge in [-0.3, -0.25) is 28.9 Å². The van der Waals surface area contributed by atoms with Crippen LogP contribution >= 0.6 is 0 Å². The summed E-state index contributed by atoms with van der Waals surface area (Å²) in [6, 6.07) is 2.00. The molecule has 4 amide bonds. The lowest BCUT2D eigenvalue weighted by molar-refractivity contribution is -0.148. The summed E-state index contributed by atoms with van der Waals surface area (Å²) < 4.78 is 11.7. The summed E-state index contributed by atoms with van der Waals surface area (Å²) >= 11 is 0. The number of carboxylic acid groups (broad SMARTS) is 1.